The molecular formula is C22H15Cl2NO2S2. The zero-order chi connectivity index (χ0) is 20.7. The number of hydrogen-bond acceptors (Lipinski definition) is 4. The van der Waals surface area contributed by atoms with Gasteiger partial charge in [0.25, 0.3) is 5.91 Å². The first-order valence-corrected chi connectivity index (χ1v) is 10.7. The molecule has 1 aliphatic heterocycles. The van der Waals surface area contributed by atoms with Crippen molar-refractivity contribution < 1.29 is 9.21 Å². The van der Waals surface area contributed by atoms with Crippen molar-refractivity contribution in [1.29, 1.82) is 0 Å². The Morgan fingerprint density at radius 2 is 1.83 bits per heavy atom. The fourth-order valence-corrected chi connectivity index (χ4v) is 4.66. The molecule has 29 heavy (non-hydrogen) atoms. The summed E-state index contributed by atoms with van der Waals surface area (Å²) in [6, 6.07) is 14.9. The molecule has 0 bridgehead atoms. The van der Waals surface area contributed by atoms with Gasteiger partial charge >= 0.3 is 0 Å². The Kier molecular flexibility index (Phi) is 5.58. The zero-order valence-corrected chi connectivity index (χ0v) is 18.7. The van der Waals surface area contributed by atoms with E-state index < -0.39 is 0 Å². The van der Waals surface area contributed by atoms with Crippen molar-refractivity contribution >= 4 is 69.2 Å². The third-order valence-corrected chi connectivity index (χ3v) is 6.53. The van der Waals surface area contributed by atoms with E-state index in [4.69, 9.17) is 39.8 Å². The Balaban J connectivity index is 1.62. The second kappa shape index (κ2) is 8.00. The second-order valence-corrected chi connectivity index (χ2v) is 9.13. The summed E-state index contributed by atoms with van der Waals surface area (Å²) in [4.78, 5) is 15.1. The molecule has 0 N–H and O–H groups in total. The van der Waals surface area contributed by atoms with Crippen LogP contribution in [-0.4, -0.2) is 10.2 Å². The Bertz CT molecular complexity index is 1180. The number of carbonyl (C=O) groups excluding carboxylic acids is 1. The number of furan rings is 1. The maximum absolute atomic E-state index is 13.0. The van der Waals surface area contributed by atoms with Gasteiger partial charge in [-0.1, -0.05) is 64.9 Å². The van der Waals surface area contributed by atoms with Gasteiger partial charge in [-0.25, -0.2) is 0 Å². The van der Waals surface area contributed by atoms with Gasteiger partial charge in [0.2, 0.25) is 0 Å². The smallest absolute Gasteiger partial charge is 0.270 e. The van der Waals surface area contributed by atoms with E-state index in [1.807, 2.05) is 50.2 Å². The van der Waals surface area contributed by atoms with Crippen LogP contribution in [0.4, 0.5) is 5.69 Å². The topological polar surface area (TPSA) is 33.5 Å². The number of thiocarbonyl (C=S) groups is 1. The lowest BCUT2D eigenvalue weighted by Gasteiger charge is -2.17. The molecule has 2 aromatic carbocycles. The average molecular weight is 460 g/mol. The van der Waals surface area contributed by atoms with Crippen LogP contribution in [0.15, 0.2) is 57.9 Å². The first-order valence-electron chi connectivity index (χ1n) is 8.74. The number of halogens is 2. The number of aryl methyl sites for hydroxylation is 2. The largest absolute Gasteiger partial charge is 0.457 e. The van der Waals surface area contributed by atoms with Crippen molar-refractivity contribution in [3.05, 3.63) is 80.4 Å². The Labute approximate surface area is 188 Å². The number of benzene rings is 2. The van der Waals surface area contributed by atoms with E-state index >= 15 is 0 Å². The summed E-state index contributed by atoms with van der Waals surface area (Å²) >= 11 is 18.8. The van der Waals surface area contributed by atoms with Crippen LogP contribution in [0.5, 0.6) is 0 Å². The normalized spacial score (nSPS) is 15.6. The number of nitrogens with zero attached hydrogens (tertiary/aromatic N) is 1. The van der Waals surface area contributed by atoms with E-state index in [1.165, 1.54) is 11.8 Å². The maximum Gasteiger partial charge on any atom is 0.270 e. The highest BCUT2D eigenvalue weighted by Gasteiger charge is 2.34. The van der Waals surface area contributed by atoms with Gasteiger partial charge in [0.15, 0.2) is 4.32 Å². The highest BCUT2D eigenvalue weighted by atomic mass is 35.5. The van der Waals surface area contributed by atoms with Crippen molar-refractivity contribution in [2.75, 3.05) is 4.90 Å². The average Bonchev–Trinajstić information content (AvgIpc) is 3.23. The lowest BCUT2D eigenvalue weighted by Crippen LogP contribution is -2.28. The number of anilines is 1. The number of carbonyl (C=O) groups is 1. The molecule has 1 fully saturated rings. The summed E-state index contributed by atoms with van der Waals surface area (Å²) in [6.45, 7) is 3.99. The minimum absolute atomic E-state index is 0.153. The third-order valence-electron chi connectivity index (χ3n) is 4.49. The van der Waals surface area contributed by atoms with Gasteiger partial charge in [0.1, 0.15) is 11.5 Å². The van der Waals surface area contributed by atoms with Gasteiger partial charge < -0.3 is 4.42 Å². The highest BCUT2D eigenvalue weighted by Crippen LogP contribution is 2.38. The third kappa shape index (κ3) is 4.01. The second-order valence-electron chi connectivity index (χ2n) is 6.64. The summed E-state index contributed by atoms with van der Waals surface area (Å²) in [6.07, 6.45) is 1.71. The van der Waals surface area contributed by atoms with E-state index in [1.54, 1.807) is 23.1 Å². The predicted octanol–water partition coefficient (Wildman–Crippen LogP) is 7.28. The van der Waals surface area contributed by atoms with Crippen LogP contribution in [-0.2, 0) is 4.79 Å². The van der Waals surface area contributed by atoms with Gasteiger partial charge in [0.05, 0.1) is 20.6 Å². The molecule has 0 saturated carbocycles. The number of thioether (sulfide) groups is 1. The van der Waals surface area contributed by atoms with Crippen molar-refractivity contribution in [2.24, 2.45) is 0 Å². The summed E-state index contributed by atoms with van der Waals surface area (Å²) in [5.74, 6) is 1.05. The Morgan fingerprint density at radius 1 is 1.03 bits per heavy atom. The van der Waals surface area contributed by atoms with Crippen molar-refractivity contribution in [3.63, 3.8) is 0 Å². The predicted molar refractivity (Wildman–Crippen MR) is 126 cm³/mol. The quantitative estimate of drug-likeness (QED) is 0.304. The zero-order valence-electron chi connectivity index (χ0n) is 15.5. The van der Waals surface area contributed by atoms with Gasteiger partial charge in [-0.2, -0.15) is 0 Å². The van der Waals surface area contributed by atoms with Crippen LogP contribution in [0.25, 0.3) is 17.4 Å². The van der Waals surface area contributed by atoms with Gasteiger partial charge in [-0.15, -0.1) is 0 Å². The van der Waals surface area contributed by atoms with E-state index in [-0.39, 0.29) is 5.91 Å². The molecule has 0 spiro atoms. The van der Waals surface area contributed by atoms with Crippen molar-refractivity contribution in [1.82, 2.24) is 0 Å². The van der Waals surface area contributed by atoms with Crippen LogP contribution >= 0.6 is 47.2 Å². The fraction of sp³-hybridized carbons (Fsp3) is 0.0909. The number of amides is 1. The van der Waals surface area contributed by atoms with Crippen molar-refractivity contribution in [3.8, 4) is 11.3 Å². The van der Waals surface area contributed by atoms with Gasteiger partial charge in [-0.05, 0) is 55.8 Å². The van der Waals surface area contributed by atoms with E-state index in [0.717, 1.165) is 22.4 Å². The molecule has 146 valence electrons. The highest BCUT2D eigenvalue weighted by molar-refractivity contribution is 8.27. The Morgan fingerprint density at radius 3 is 2.55 bits per heavy atom. The molecule has 0 aliphatic carbocycles. The van der Waals surface area contributed by atoms with Crippen LogP contribution < -0.4 is 4.90 Å². The minimum atomic E-state index is -0.153. The number of hydrogen-bond donors (Lipinski definition) is 0. The number of rotatable bonds is 3. The van der Waals surface area contributed by atoms with Crippen LogP contribution in [0.1, 0.15) is 16.9 Å². The van der Waals surface area contributed by atoms with Crippen LogP contribution in [0, 0.1) is 13.8 Å². The monoisotopic (exact) mass is 459 g/mol. The van der Waals surface area contributed by atoms with E-state index in [0.29, 0.717) is 30.8 Å². The molecule has 0 unspecified atom stereocenters. The molecule has 1 amide bonds. The SMILES string of the molecule is Cc1ccc(N2C(=O)C(=Cc3ccc(-c4ccc(Cl)c(Cl)c4)o3)SC2=S)c(C)c1. The summed E-state index contributed by atoms with van der Waals surface area (Å²) < 4.78 is 6.39. The lowest BCUT2D eigenvalue weighted by molar-refractivity contribution is -0.113. The molecule has 7 heteroatoms. The lowest BCUT2D eigenvalue weighted by atomic mass is 10.1. The molecule has 2 heterocycles. The first kappa shape index (κ1) is 20.2. The molecule has 0 radical (unpaired) electrons. The maximum atomic E-state index is 13.0. The summed E-state index contributed by atoms with van der Waals surface area (Å²) in [5.41, 5.74) is 3.75. The molecule has 1 aliphatic rings. The van der Waals surface area contributed by atoms with Crippen LogP contribution in [0.2, 0.25) is 10.0 Å². The minimum Gasteiger partial charge on any atom is -0.457 e. The van der Waals surface area contributed by atoms with Crippen LogP contribution in [0.3, 0.4) is 0 Å². The standard InChI is InChI=1S/C22H15Cl2NO2S2/c1-12-3-7-18(13(2)9-12)25-21(26)20(29-22(25)28)11-15-5-8-19(27-15)14-4-6-16(23)17(24)10-14/h3-11H,1-2H3. The van der Waals surface area contributed by atoms with E-state index in [2.05, 4.69) is 0 Å². The van der Waals surface area contributed by atoms with E-state index in [9.17, 15) is 4.79 Å². The first-order chi connectivity index (χ1) is 13.8. The molecular weight excluding hydrogens is 445 g/mol. The molecule has 1 aromatic heterocycles. The van der Waals surface area contributed by atoms with Crippen molar-refractivity contribution in [2.45, 2.75) is 13.8 Å². The molecule has 4 rings (SSSR count). The fourth-order valence-electron chi connectivity index (χ4n) is 3.10. The molecule has 1 saturated heterocycles. The molecule has 3 aromatic rings. The Hall–Kier alpha value is -2.05. The van der Waals surface area contributed by atoms with Gasteiger partial charge in [0, 0.05) is 11.6 Å². The van der Waals surface area contributed by atoms with Gasteiger partial charge in [-0.3, -0.25) is 9.69 Å². The summed E-state index contributed by atoms with van der Waals surface area (Å²) in [7, 11) is 0. The molecule has 0 atom stereocenters. The summed E-state index contributed by atoms with van der Waals surface area (Å²) in [5, 5.41) is 0.939. The molecule has 3 nitrogen and oxygen atoms in total.